The number of hydrogen-bond acceptors (Lipinski definition) is 8. The van der Waals surface area contributed by atoms with Gasteiger partial charge < -0.3 is 19.5 Å². The number of amides is 1. The van der Waals surface area contributed by atoms with E-state index in [0.29, 0.717) is 49.8 Å². The van der Waals surface area contributed by atoms with Gasteiger partial charge in [-0.2, -0.15) is 5.10 Å². The molecule has 1 amide bonds. The summed E-state index contributed by atoms with van der Waals surface area (Å²) in [6.45, 7) is 0. The van der Waals surface area contributed by atoms with Gasteiger partial charge in [-0.05, 0) is 18.2 Å². The van der Waals surface area contributed by atoms with E-state index in [4.69, 9.17) is 25.8 Å². The summed E-state index contributed by atoms with van der Waals surface area (Å²) in [4.78, 5) is 30.5. The van der Waals surface area contributed by atoms with Crippen molar-refractivity contribution in [3.8, 4) is 22.9 Å². The summed E-state index contributed by atoms with van der Waals surface area (Å²) in [5, 5.41) is 10.3. The maximum atomic E-state index is 13.2. The standard InChI is InChI=1S/C22H20ClN5O5S/c1-31-16-7-5-4-6-15(16)28-21(30)12-10-24-27-20(12)26-22(28)34-11-19(29)25-14-8-13(23)17(32-2)9-18(14)33-3/h4-10H,11H2,1-3H3,(H,24,27)(H,25,29). The molecule has 12 heteroatoms. The Kier molecular flexibility index (Phi) is 6.94. The average molecular weight is 502 g/mol. The van der Waals surface area contributed by atoms with Crippen LogP contribution in [0.4, 0.5) is 5.69 Å². The summed E-state index contributed by atoms with van der Waals surface area (Å²) in [6.07, 6.45) is 1.41. The molecule has 2 aromatic carbocycles. The average Bonchev–Trinajstić information content (AvgIpc) is 3.32. The smallest absolute Gasteiger partial charge is 0.270 e. The van der Waals surface area contributed by atoms with Gasteiger partial charge in [-0.25, -0.2) is 4.98 Å². The van der Waals surface area contributed by atoms with Crippen molar-refractivity contribution < 1.29 is 19.0 Å². The van der Waals surface area contributed by atoms with E-state index in [2.05, 4.69) is 20.5 Å². The monoisotopic (exact) mass is 501 g/mol. The molecule has 2 N–H and O–H groups in total. The van der Waals surface area contributed by atoms with Gasteiger partial charge in [0.15, 0.2) is 10.8 Å². The van der Waals surface area contributed by atoms with Crippen LogP contribution in [0, 0.1) is 0 Å². The molecular weight excluding hydrogens is 482 g/mol. The van der Waals surface area contributed by atoms with E-state index in [1.807, 2.05) is 0 Å². The lowest BCUT2D eigenvalue weighted by molar-refractivity contribution is -0.113. The number of thioether (sulfide) groups is 1. The molecule has 0 fully saturated rings. The molecule has 4 rings (SSSR count). The molecule has 0 unspecified atom stereocenters. The molecule has 0 aliphatic heterocycles. The normalized spacial score (nSPS) is 10.8. The largest absolute Gasteiger partial charge is 0.495 e. The fourth-order valence-corrected chi connectivity index (χ4v) is 4.31. The van der Waals surface area contributed by atoms with Gasteiger partial charge in [0, 0.05) is 6.07 Å². The highest BCUT2D eigenvalue weighted by Crippen LogP contribution is 2.36. The molecule has 10 nitrogen and oxygen atoms in total. The summed E-state index contributed by atoms with van der Waals surface area (Å²) in [5.41, 5.74) is 0.868. The Balaban J connectivity index is 1.65. The van der Waals surface area contributed by atoms with Gasteiger partial charge in [0.1, 0.15) is 22.6 Å². The number of anilines is 1. The van der Waals surface area contributed by atoms with Crippen LogP contribution in [-0.2, 0) is 4.79 Å². The zero-order chi connectivity index (χ0) is 24.2. The maximum absolute atomic E-state index is 13.2. The fraction of sp³-hybridized carbons (Fsp3) is 0.182. The lowest BCUT2D eigenvalue weighted by Crippen LogP contribution is -2.23. The predicted molar refractivity (Wildman–Crippen MR) is 130 cm³/mol. The Labute approximate surface area is 203 Å². The zero-order valence-electron chi connectivity index (χ0n) is 18.4. The van der Waals surface area contributed by atoms with Crippen LogP contribution >= 0.6 is 23.4 Å². The number of carbonyl (C=O) groups excluding carboxylic acids is 1. The Hall–Kier alpha value is -3.70. The fourth-order valence-electron chi connectivity index (χ4n) is 3.27. The summed E-state index contributed by atoms with van der Waals surface area (Å²) >= 11 is 7.27. The van der Waals surface area contributed by atoms with Gasteiger partial charge in [-0.15, -0.1) is 0 Å². The van der Waals surface area contributed by atoms with Gasteiger partial charge in [-0.3, -0.25) is 19.3 Å². The van der Waals surface area contributed by atoms with Crippen molar-refractivity contribution in [1.82, 2.24) is 19.7 Å². The van der Waals surface area contributed by atoms with E-state index in [1.54, 1.807) is 36.4 Å². The molecule has 0 radical (unpaired) electrons. The molecule has 176 valence electrons. The number of methoxy groups -OCH3 is 3. The molecule has 0 saturated heterocycles. The SMILES string of the molecule is COc1cc(OC)c(NC(=O)CSc2nc3[nH]ncc3c(=O)n2-c2ccccc2OC)cc1Cl. The van der Waals surface area contributed by atoms with Crippen molar-refractivity contribution in [2.75, 3.05) is 32.4 Å². The lowest BCUT2D eigenvalue weighted by atomic mass is 10.2. The number of ether oxygens (including phenoxy) is 3. The molecule has 0 spiro atoms. The van der Waals surface area contributed by atoms with Gasteiger partial charge in [-0.1, -0.05) is 35.5 Å². The van der Waals surface area contributed by atoms with Crippen LogP contribution in [0.3, 0.4) is 0 Å². The third kappa shape index (κ3) is 4.52. The Morgan fingerprint density at radius 1 is 1.12 bits per heavy atom. The van der Waals surface area contributed by atoms with Crippen LogP contribution < -0.4 is 25.1 Å². The summed E-state index contributed by atoms with van der Waals surface area (Å²) in [5.74, 6) is 0.896. The number of nitrogens with one attached hydrogen (secondary N) is 2. The minimum absolute atomic E-state index is 0.0476. The molecule has 0 saturated carbocycles. The predicted octanol–water partition coefficient (Wildman–Crippen LogP) is 3.52. The minimum atomic E-state index is -0.352. The van der Waals surface area contributed by atoms with Gasteiger partial charge in [0.25, 0.3) is 5.56 Å². The van der Waals surface area contributed by atoms with Crippen LogP contribution in [0.2, 0.25) is 5.02 Å². The van der Waals surface area contributed by atoms with Crippen LogP contribution in [0.25, 0.3) is 16.7 Å². The van der Waals surface area contributed by atoms with Crippen molar-refractivity contribution in [1.29, 1.82) is 0 Å². The summed E-state index contributed by atoms with van der Waals surface area (Å²) in [6, 6.07) is 10.2. The zero-order valence-corrected chi connectivity index (χ0v) is 20.0. The number of carbonyl (C=O) groups is 1. The number of para-hydroxylation sites is 2. The van der Waals surface area contributed by atoms with E-state index in [9.17, 15) is 9.59 Å². The molecule has 2 aromatic heterocycles. The maximum Gasteiger partial charge on any atom is 0.270 e. The quantitative estimate of drug-likeness (QED) is 0.278. The highest BCUT2D eigenvalue weighted by atomic mass is 35.5. The van der Waals surface area contributed by atoms with E-state index in [-0.39, 0.29) is 17.2 Å². The second-order valence-electron chi connectivity index (χ2n) is 6.86. The van der Waals surface area contributed by atoms with Crippen LogP contribution in [0.15, 0.2) is 52.5 Å². The molecule has 0 atom stereocenters. The topological polar surface area (TPSA) is 120 Å². The van der Waals surface area contributed by atoms with Crippen LogP contribution in [-0.4, -0.2) is 52.7 Å². The molecule has 4 aromatic rings. The first-order valence-electron chi connectivity index (χ1n) is 9.90. The number of nitrogens with zero attached hydrogens (tertiary/aromatic N) is 3. The Bertz CT molecular complexity index is 1420. The Morgan fingerprint density at radius 3 is 2.59 bits per heavy atom. The molecular formula is C22H20ClN5O5S. The summed E-state index contributed by atoms with van der Waals surface area (Å²) in [7, 11) is 4.48. The van der Waals surface area contributed by atoms with Crippen LogP contribution in [0.1, 0.15) is 0 Å². The first-order chi connectivity index (χ1) is 16.5. The van der Waals surface area contributed by atoms with E-state index >= 15 is 0 Å². The second kappa shape index (κ2) is 10.1. The van der Waals surface area contributed by atoms with E-state index in [1.165, 1.54) is 32.1 Å². The summed E-state index contributed by atoms with van der Waals surface area (Å²) < 4.78 is 17.3. The van der Waals surface area contributed by atoms with Crippen molar-refractivity contribution in [3.63, 3.8) is 0 Å². The minimum Gasteiger partial charge on any atom is -0.495 e. The van der Waals surface area contributed by atoms with Gasteiger partial charge in [0.05, 0.1) is 49.7 Å². The van der Waals surface area contributed by atoms with Gasteiger partial charge in [0.2, 0.25) is 5.91 Å². The third-order valence-corrected chi connectivity index (χ3v) is 6.09. The highest BCUT2D eigenvalue weighted by molar-refractivity contribution is 7.99. The first-order valence-corrected chi connectivity index (χ1v) is 11.3. The molecule has 2 heterocycles. The van der Waals surface area contributed by atoms with Crippen molar-refractivity contribution in [2.45, 2.75) is 5.16 Å². The van der Waals surface area contributed by atoms with Gasteiger partial charge >= 0.3 is 0 Å². The molecule has 0 aliphatic carbocycles. The van der Waals surface area contributed by atoms with E-state index < -0.39 is 0 Å². The lowest BCUT2D eigenvalue weighted by Gasteiger charge is -2.15. The van der Waals surface area contributed by atoms with Crippen LogP contribution in [0.5, 0.6) is 17.2 Å². The van der Waals surface area contributed by atoms with Crippen molar-refractivity contribution in [3.05, 3.63) is 58.0 Å². The highest BCUT2D eigenvalue weighted by Gasteiger charge is 2.19. The molecule has 0 bridgehead atoms. The van der Waals surface area contributed by atoms with Crippen molar-refractivity contribution >= 4 is 46.0 Å². The number of hydrogen-bond donors (Lipinski definition) is 2. The molecule has 34 heavy (non-hydrogen) atoms. The third-order valence-electron chi connectivity index (χ3n) is 4.86. The number of aromatic nitrogens is 4. The van der Waals surface area contributed by atoms with E-state index in [0.717, 1.165) is 11.8 Å². The van der Waals surface area contributed by atoms with Crippen molar-refractivity contribution in [2.24, 2.45) is 0 Å². The number of halogens is 1. The second-order valence-corrected chi connectivity index (χ2v) is 8.21. The molecule has 0 aliphatic rings. The number of fused-ring (bicyclic) bond motifs is 1. The number of aromatic amines is 1. The first kappa shape index (κ1) is 23.5. The Morgan fingerprint density at radius 2 is 1.85 bits per heavy atom. The number of benzene rings is 2. The number of rotatable bonds is 8. The number of H-pyrrole nitrogens is 1.